The van der Waals surface area contributed by atoms with Gasteiger partial charge in [-0.1, -0.05) is 20.3 Å². The highest BCUT2D eigenvalue weighted by atomic mass is 16.6. The fourth-order valence-corrected chi connectivity index (χ4v) is 2.18. The number of hydrogen-bond donors (Lipinski definition) is 0. The first-order chi connectivity index (χ1) is 11.3. The quantitative estimate of drug-likeness (QED) is 0.478. The molecule has 0 aromatic carbocycles. The number of ketones is 2. The predicted molar refractivity (Wildman–Crippen MR) is 89.4 cm³/mol. The van der Waals surface area contributed by atoms with Gasteiger partial charge in [-0.05, 0) is 26.7 Å². The van der Waals surface area contributed by atoms with Crippen molar-refractivity contribution in [3.05, 3.63) is 0 Å². The molecule has 2 unspecified atom stereocenters. The van der Waals surface area contributed by atoms with Crippen molar-refractivity contribution in [3.8, 4) is 0 Å². The van der Waals surface area contributed by atoms with E-state index in [-0.39, 0.29) is 49.5 Å². The molecule has 2 atom stereocenters. The number of ether oxygens (including phenoxy) is 2. The first kappa shape index (κ1) is 22.3. The van der Waals surface area contributed by atoms with Crippen LogP contribution < -0.4 is 0 Å². The van der Waals surface area contributed by atoms with E-state index in [2.05, 4.69) is 0 Å². The summed E-state index contributed by atoms with van der Waals surface area (Å²) in [5.41, 5.74) is 0. The number of rotatable bonds is 13. The van der Waals surface area contributed by atoms with Crippen molar-refractivity contribution in [2.24, 2.45) is 0 Å². The molecule has 6 heteroatoms. The Hall–Kier alpha value is -1.72. The molecule has 0 radical (unpaired) electrons. The van der Waals surface area contributed by atoms with Gasteiger partial charge in [0.15, 0.2) is 0 Å². The van der Waals surface area contributed by atoms with Crippen molar-refractivity contribution < 1.29 is 28.7 Å². The number of carbonyl (C=O) groups excluding carboxylic acids is 4. The normalized spacial score (nSPS) is 13.0. The minimum atomic E-state index is -0.407. The molecule has 0 aromatic rings. The van der Waals surface area contributed by atoms with E-state index in [1.807, 2.05) is 13.8 Å². The molecule has 0 N–H and O–H groups in total. The van der Waals surface area contributed by atoms with E-state index in [4.69, 9.17) is 9.47 Å². The average Bonchev–Trinajstić information content (AvgIpc) is 2.50. The second kappa shape index (κ2) is 12.7. The molecule has 24 heavy (non-hydrogen) atoms. The van der Waals surface area contributed by atoms with E-state index in [1.165, 1.54) is 13.8 Å². The Morgan fingerprint density at radius 2 is 1.21 bits per heavy atom. The third kappa shape index (κ3) is 11.8. The van der Waals surface area contributed by atoms with Gasteiger partial charge in [-0.2, -0.15) is 0 Å². The van der Waals surface area contributed by atoms with E-state index in [9.17, 15) is 19.2 Å². The fourth-order valence-electron chi connectivity index (χ4n) is 2.18. The highest BCUT2D eigenvalue weighted by Gasteiger charge is 2.21. The Labute approximate surface area is 144 Å². The summed E-state index contributed by atoms with van der Waals surface area (Å²) in [6.07, 6.45) is 2.36. The molecule has 0 fully saturated rings. The Morgan fingerprint density at radius 1 is 0.750 bits per heavy atom. The van der Waals surface area contributed by atoms with E-state index >= 15 is 0 Å². The van der Waals surface area contributed by atoms with Crippen LogP contribution in [0.2, 0.25) is 0 Å². The summed E-state index contributed by atoms with van der Waals surface area (Å²) in [6, 6.07) is 0. The molecule has 0 aromatic heterocycles. The summed E-state index contributed by atoms with van der Waals surface area (Å²) < 4.78 is 10.8. The standard InChI is InChI=1S/C18H30O6/c1-5-7-16(24-18(22)11-9-14(4)20)12-15(6-2)23-17(21)10-8-13(3)19/h15-16H,5-12H2,1-4H3. The van der Waals surface area contributed by atoms with Crippen LogP contribution in [0, 0.1) is 0 Å². The molecule has 0 aliphatic heterocycles. The van der Waals surface area contributed by atoms with Crippen LogP contribution in [0.25, 0.3) is 0 Å². The first-order valence-corrected chi connectivity index (χ1v) is 8.66. The zero-order chi connectivity index (χ0) is 18.5. The maximum Gasteiger partial charge on any atom is 0.306 e. The van der Waals surface area contributed by atoms with Gasteiger partial charge in [-0.25, -0.2) is 0 Å². The molecule has 138 valence electrons. The van der Waals surface area contributed by atoms with Crippen molar-refractivity contribution >= 4 is 23.5 Å². The van der Waals surface area contributed by atoms with Crippen LogP contribution in [-0.4, -0.2) is 35.7 Å². The van der Waals surface area contributed by atoms with E-state index in [1.54, 1.807) is 0 Å². The lowest BCUT2D eigenvalue weighted by Gasteiger charge is -2.23. The minimum Gasteiger partial charge on any atom is -0.462 e. The van der Waals surface area contributed by atoms with E-state index < -0.39 is 11.9 Å². The van der Waals surface area contributed by atoms with E-state index in [0.29, 0.717) is 19.3 Å². The molecule has 0 bridgehead atoms. The number of carbonyl (C=O) groups is 4. The molecule has 0 spiro atoms. The smallest absolute Gasteiger partial charge is 0.306 e. The minimum absolute atomic E-state index is 0.0511. The second-order valence-corrected chi connectivity index (χ2v) is 6.06. The van der Waals surface area contributed by atoms with Crippen molar-refractivity contribution in [2.75, 3.05) is 0 Å². The number of Topliss-reactive ketones (excluding diaryl/α,β-unsaturated/α-hetero) is 2. The molecule has 0 heterocycles. The summed E-state index contributed by atoms with van der Waals surface area (Å²) in [5.74, 6) is -0.912. The Balaban J connectivity index is 4.47. The summed E-state index contributed by atoms with van der Waals surface area (Å²) in [4.78, 5) is 45.4. The van der Waals surface area contributed by atoms with Crippen LogP contribution in [0.1, 0.15) is 79.1 Å². The van der Waals surface area contributed by atoms with Crippen LogP contribution in [0.15, 0.2) is 0 Å². The van der Waals surface area contributed by atoms with Crippen LogP contribution in [0.4, 0.5) is 0 Å². The lowest BCUT2D eigenvalue weighted by Crippen LogP contribution is -2.27. The Bertz CT molecular complexity index is 429. The maximum atomic E-state index is 11.8. The third-order valence-corrected chi connectivity index (χ3v) is 3.55. The lowest BCUT2D eigenvalue weighted by molar-refractivity contribution is -0.157. The van der Waals surface area contributed by atoms with Crippen molar-refractivity contribution in [2.45, 2.75) is 91.3 Å². The predicted octanol–water partition coefficient (Wildman–Crippen LogP) is 3.15. The number of esters is 2. The Morgan fingerprint density at radius 3 is 1.58 bits per heavy atom. The van der Waals surface area contributed by atoms with Crippen molar-refractivity contribution in [1.29, 1.82) is 0 Å². The summed E-state index contributed by atoms with van der Waals surface area (Å²) in [6.45, 7) is 6.74. The molecule has 0 saturated heterocycles. The fraction of sp³-hybridized carbons (Fsp3) is 0.778. The monoisotopic (exact) mass is 342 g/mol. The van der Waals surface area contributed by atoms with Gasteiger partial charge in [0.25, 0.3) is 0 Å². The molecule has 0 aliphatic carbocycles. The van der Waals surface area contributed by atoms with Crippen molar-refractivity contribution in [1.82, 2.24) is 0 Å². The summed E-state index contributed by atoms with van der Waals surface area (Å²) in [7, 11) is 0. The van der Waals surface area contributed by atoms with Crippen LogP contribution in [0.3, 0.4) is 0 Å². The van der Waals surface area contributed by atoms with E-state index in [0.717, 1.165) is 6.42 Å². The largest absolute Gasteiger partial charge is 0.462 e. The van der Waals surface area contributed by atoms with Gasteiger partial charge < -0.3 is 19.1 Å². The molecule has 0 amide bonds. The first-order valence-electron chi connectivity index (χ1n) is 8.66. The zero-order valence-electron chi connectivity index (χ0n) is 15.3. The molecule has 0 rings (SSSR count). The van der Waals surface area contributed by atoms with Gasteiger partial charge in [0, 0.05) is 19.3 Å². The van der Waals surface area contributed by atoms with Crippen LogP contribution in [-0.2, 0) is 28.7 Å². The van der Waals surface area contributed by atoms with Gasteiger partial charge in [0.1, 0.15) is 23.8 Å². The summed E-state index contributed by atoms with van der Waals surface area (Å²) in [5, 5.41) is 0. The highest BCUT2D eigenvalue weighted by molar-refractivity contribution is 5.81. The SMILES string of the molecule is CCCC(CC(CC)OC(=O)CCC(C)=O)OC(=O)CCC(C)=O. The van der Waals surface area contributed by atoms with Crippen molar-refractivity contribution in [3.63, 3.8) is 0 Å². The Kier molecular flexibility index (Phi) is 11.8. The highest BCUT2D eigenvalue weighted by Crippen LogP contribution is 2.16. The van der Waals surface area contributed by atoms with Gasteiger partial charge in [-0.15, -0.1) is 0 Å². The molecule has 6 nitrogen and oxygen atoms in total. The van der Waals surface area contributed by atoms with Crippen LogP contribution >= 0.6 is 0 Å². The van der Waals surface area contributed by atoms with Gasteiger partial charge >= 0.3 is 11.9 Å². The van der Waals surface area contributed by atoms with Gasteiger partial charge in [0.05, 0.1) is 12.8 Å². The van der Waals surface area contributed by atoms with Crippen LogP contribution in [0.5, 0.6) is 0 Å². The summed E-state index contributed by atoms with van der Waals surface area (Å²) >= 11 is 0. The number of hydrogen-bond acceptors (Lipinski definition) is 6. The zero-order valence-corrected chi connectivity index (χ0v) is 15.3. The molecule has 0 aliphatic rings. The second-order valence-electron chi connectivity index (χ2n) is 6.06. The third-order valence-electron chi connectivity index (χ3n) is 3.55. The van der Waals surface area contributed by atoms with Gasteiger partial charge in [0.2, 0.25) is 0 Å². The molecular weight excluding hydrogens is 312 g/mol. The average molecular weight is 342 g/mol. The lowest BCUT2D eigenvalue weighted by atomic mass is 10.1. The molecular formula is C18H30O6. The topological polar surface area (TPSA) is 86.7 Å². The van der Waals surface area contributed by atoms with Gasteiger partial charge in [-0.3, -0.25) is 9.59 Å². The maximum absolute atomic E-state index is 11.8. The molecule has 0 saturated carbocycles.